The van der Waals surface area contributed by atoms with Crippen LogP contribution in [0.15, 0.2) is 78.9 Å². The Morgan fingerprint density at radius 1 is 0.767 bits per heavy atom. The molecule has 0 aromatic heterocycles. The summed E-state index contributed by atoms with van der Waals surface area (Å²) in [5.74, 6) is -0.134. The number of ether oxygens (including phenoxy) is 1. The van der Waals surface area contributed by atoms with Crippen LogP contribution in [0, 0.1) is 0 Å². The van der Waals surface area contributed by atoms with Crippen molar-refractivity contribution in [3.63, 3.8) is 0 Å². The fourth-order valence-corrected chi connectivity index (χ4v) is 5.62. The van der Waals surface area contributed by atoms with Crippen molar-refractivity contribution in [2.45, 2.75) is 19.1 Å². The first-order chi connectivity index (χ1) is 20.9. The predicted octanol–water partition coefficient (Wildman–Crippen LogP) is 5.24. The van der Waals surface area contributed by atoms with Crippen molar-refractivity contribution < 1.29 is 19.1 Å². The number of hydrogen-bond acceptors (Lipinski definition) is 5. The average molecular weight is 625 g/mol. The summed E-state index contributed by atoms with van der Waals surface area (Å²) in [7, 11) is 0. The van der Waals surface area contributed by atoms with Gasteiger partial charge in [0, 0.05) is 58.0 Å². The Balaban J connectivity index is 1.21. The van der Waals surface area contributed by atoms with E-state index in [9.17, 15) is 14.4 Å². The molecule has 11 heteroatoms. The van der Waals surface area contributed by atoms with E-state index in [2.05, 4.69) is 22.3 Å². The number of urea groups is 1. The zero-order valence-electron chi connectivity index (χ0n) is 23.8. The van der Waals surface area contributed by atoms with Gasteiger partial charge in [0.2, 0.25) is 5.91 Å². The molecule has 9 nitrogen and oxygen atoms in total. The first-order valence-electron chi connectivity index (χ1n) is 14.4. The fourth-order valence-electron chi connectivity index (χ4n) is 5.32. The topological polar surface area (TPSA) is 85.4 Å². The summed E-state index contributed by atoms with van der Waals surface area (Å²) in [6.45, 7) is 3.84. The fraction of sp³-hybridized carbons (Fsp3) is 0.344. The molecule has 2 saturated heterocycles. The number of piperazine rings is 2. The number of amides is 4. The second-order valence-electron chi connectivity index (χ2n) is 10.7. The van der Waals surface area contributed by atoms with Gasteiger partial charge in [0.05, 0.1) is 10.0 Å². The molecular formula is C32H35Cl2N5O4. The molecular weight excluding hydrogens is 589 g/mol. The maximum Gasteiger partial charge on any atom is 0.410 e. The summed E-state index contributed by atoms with van der Waals surface area (Å²) in [6.07, 6.45) is 0.358. The molecule has 43 heavy (non-hydrogen) atoms. The molecule has 0 aliphatic carbocycles. The summed E-state index contributed by atoms with van der Waals surface area (Å²) in [5.41, 5.74) is 2.65. The molecule has 2 fully saturated rings. The van der Waals surface area contributed by atoms with Crippen molar-refractivity contribution in [3.8, 4) is 0 Å². The highest BCUT2D eigenvalue weighted by atomic mass is 35.5. The lowest BCUT2D eigenvalue weighted by atomic mass is 10.1. The van der Waals surface area contributed by atoms with Crippen LogP contribution < -0.4 is 5.32 Å². The summed E-state index contributed by atoms with van der Waals surface area (Å²) in [4.78, 5) is 47.2. The second kappa shape index (κ2) is 14.6. The van der Waals surface area contributed by atoms with Gasteiger partial charge in [-0.1, -0.05) is 83.9 Å². The minimum absolute atomic E-state index is 0.134. The van der Waals surface area contributed by atoms with Crippen molar-refractivity contribution in [3.05, 3.63) is 100 Å². The number of halogens is 2. The van der Waals surface area contributed by atoms with Gasteiger partial charge in [-0.3, -0.25) is 14.6 Å². The van der Waals surface area contributed by atoms with E-state index in [-0.39, 0.29) is 18.5 Å². The van der Waals surface area contributed by atoms with Crippen LogP contribution in [0.2, 0.25) is 10.0 Å². The Hall–Kier alpha value is -3.79. The summed E-state index contributed by atoms with van der Waals surface area (Å²) in [6, 6.07) is 23.7. The van der Waals surface area contributed by atoms with Gasteiger partial charge in [0.15, 0.2) is 0 Å². The lowest BCUT2D eigenvalue weighted by Crippen LogP contribution is -2.63. The Labute approximate surface area is 261 Å². The van der Waals surface area contributed by atoms with E-state index < -0.39 is 12.1 Å². The van der Waals surface area contributed by atoms with E-state index in [1.54, 1.807) is 32.9 Å². The van der Waals surface area contributed by atoms with Gasteiger partial charge in [0.1, 0.15) is 12.6 Å². The van der Waals surface area contributed by atoms with Crippen molar-refractivity contribution in [1.29, 1.82) is 0 Å². The Morgan fingerprint density at radius 2 is 1.42 bits per heavy atom. The maximum atomic E-state index is 13.9. The minimum Gasteiger partial charge on any atom is -0.445 e. The molecule has 4 amide bonds. The molecule has 2 aliphatic rings. The summed E-state index contributed by atoms with van der Waals surface area (Å²) >= 11 is 12.1. The Morgan fingerprint density at radius 3 is 2.09 bits per heavy atom. The van der Waals surface area contributed by atoms with Crippen molar-refractivity contribution >= 4 is 46.9 Å². The van der Waals surface area contributed by atoms with Crippen LogP contribution in [0.3, 0.4) is 0 Å². The van der Waals surface area contributed by atoms with Crippen LogP contribution in [-0.4, -0.2) is 96.0 Å². The van der Waals surface area contributed by atoms with Crippen LogP contribution in [0.4, 0.5) is 15.3 Å². The monoisotopic (exact) mass is 623 g/mol. The standard InChI is InChI=1S/C32H35Cl2N5O4/c33-27-12-11-26(21-28(27)34)35-31(41)38-18-16-37(17-19-38)30(40)29-22-36(14-13-24-7-3-1-4-8-24)15-20-39(29)32(42)43-23-25-9-5-2-6-10-25/h1-12,21,29H,13-20,22-23H2,(H,35,41). The first kappa shape index (κ1) is 30.7. The maximum absolute atomic E-state index is 13.9. The number of benzene rings is 3. The third kappa shape index (κ3) is 8.19. The number of hydrogen-bond donors (Lipinski definition) is 1. The van der Waals surface area contributed by atoms with Gasteiger partial charge < -0.3 is 19.9 Å². The van der Waals surface area contributed by atoms with Crippen LogP contribution >= 0.6 is 23.2 Å². The first-order valence-corrected chi connectivity index (χ1v) is 15.2. The van der Waals surface area contributed by atoms with E-state index in [1.807, 2.05) is 48.5 Å². The summed E-state index contributed by atoms with van der Waals surface area (Å²) in [5, 5.41) is 3.60. The smallest absolute Gasteiger partial charge is 0.410 e. The van der Waals surface area contributed by atoms with Gasteiger partial charge in [-0.15, -0.1) is 0 Å². The molecule has 0 radical (unpaired) electrons. The highest BCUT2D eigenvalue weighted by Gasteiger charge is 2.39. The molecule has 3 aromatic rings. The summed E-state index contributed by atoms with van der Waals surface area (Å²) < 4.78 is 5.64. The second-order valence-corrected chi connectivity index (χ2v) is 11.5. The SMILES string of the molecule is O=C(Nc1ccc(Cl)c(Cl)c1)N1CCN(C(=O)C2CN(CCc3ccccc3)CCN2C(=O)OCc2ccccc2)CC1. The molecule has 1 unspecified atom stereocenters. The van der Waals surface area contributed by atoms with Crippen molar-refractivity contribution in [1.82, 2.24) is 19.6 Å². The number of carbonyl (C=O) groups is 3. The highest BCUT2D eigenvalue weighted by molar-refractivity contribution is 6.42. The number of anilines is 1. The lowest BCUT2D eigenvalue weighted by Gasteiger charge is -2.43. The molecule has 1 N–H and O–H groups in total. The van der Waals surface area contributed by atoms with Gasteiger partial charge >= 0.3 is 12.1 Å². The molecule has 3 aromatic carbocycles. The van der Waals surface area contributed by atoms with Gasteiger partial charge in [-0.05, 0) is 35.7 Å². The van der Waals surface area contributed by atoms with E-state index in [4.69, 9.17) is 27.9 Å². The van der Waals surface area contributed by atoms with Crippen LogP contribution in [-0.2, 0) is 22.6 Å². The quantitative estimate of drug-likeness (QED) is 0.389. The molecule has 2 heterocycles. The molecule has 5 rings (SSSR count). The van der Waals surface area contributed by atoms with E-state index in [1.165, 1.54) is 5.56 Å². The predicted molar refractivity (Wildman–Crippen MR) is 167 cm³/mol. The van der Waals surface area contributed by atoms with Gasteiger partial charge in [0.25, 0.3) is 0 Å². The molecule has 226 valence electrons. The number of nitrogens with one attached hydrogen (secondary N) is 1. The van der Waals surface area contributed by atoms with Gasteiger partial charge in [-0.2, -0.15) is 0 Å². The van der Waals surface area contributed by atoms with Crippen LogP contribution in [0.1, 0.15) is 11.1 Å². The van der Waals surface area contributed by atoms with Crippen molar-refractivity contribution in [2.75, 3.05) is 57.7 Å². The molecule has 0 bridgehead atoms. The van der Waals surface area contributed by atoms with Crippen molar-refractivity contribution in [2.24, 2.45) is 0 Å². The zero-order valence-corrected chi connectivity index (χ0v) is 25.3. The lowest BCUT2D eigenvalue weighted by molar-refractivity contribution is -0.140. The average Bonchev–Trinajstić information content (AvgIpc) is 3.05. The Kier molecular flexibility index (Phi) is 10.4. The minimum atomic E-state index is -0.676. The highest BCUT2D eigenvalue weighted by Crippen LogP contribution is 2.25. The third-order valence-corrected chi connectivity index (χ3v) is 8.54. The van der Waals surface area contributed by atoms with Crippen LogP contribution in [0.5, 0.6) is 0 Å². The largest absolute Gasteiger partial charge is 0.445 e. The van der Waals surface area contributed by atoms with Crippen LogP contribution in [0.25, 0.3) is 0 Å². The molecule has 0 saturated carbocycles. The number of rotatable bonds is 7. The van der Waals surface area contributed by atoms with Gasteiger partial charge in [-0.25, -0.2) is 9.59 Å². The zero-order chi connectivity index (χ0) is 30.2. The molecule has 0 spiro atoms. The number of nitrogens with zero attached hydrogens (tertiary/aromatic N) is 4. The van der Waals surface area contributed by atoms with E-state index >= 15 is 0 Å². The normalized spacial score (nSPS) is 17.4. The van der Waals surface area contributed by atoms with E-state index in [0.29, 0.717) is 61.5 Å². The molecule has 1 atom stereocenters. The number of carbonyl (C=O) groups excluding carboxylic acids is 3. The third-order valence-electron chi connectivity index (χ3n) is 7.80. The van der Waals surface area contributed by atoms with E-state index in [0.717, 1.165) is 18.5 Å². The molecule has 2 aliphatic heterocycles. The Bertz CT molecular complexity index is 1400.